The Kier molecular flexibility index (Phi) is 7.68. The summed E-state index contributed by atoms with van der Waals surface area (Å²) in [5.74, 6) is 9.20. The Morgan fingerprint density at radius 2 is 1.25 bits per heavy atom. The average Bonchev–Trinajstić information content (AvgIpc) is 2.85. The third-order valence-electron chi connectivity index (χ3n) is 6.59. The second kappa shape index (κ2) is 11.1. The molecule has 1 fully saturated rings. The Balaban J connectivity index is 1.36. The number of benzene rings is 3. The number of unbranched alkanes of at least 4 members (excludes halogenated alkanes) is 1. The first-order chi connectivity index (χ1) is 15.7. The van der Waals surface area contributed by atoms with E-state index in [1.807, 2.05) is 0 Å². The van der Waals surface area contributed by atoms with Gasteiger partial charge in [0.15, 0.2) is 0 Å². The van der Waals surface area contributed by atoms with Gasteiger partial charge in [-0.2, -0.15) is 0 Å². The van der Waals surface area contributed by atoms with Crippen LogP contribution in [0.2, 0.25) is 0 Å². The van der Waals surface area contributed by atoms with E-state index < -0.39 is 0 Å². The molecule has 0 aliphatic heterocycles. The van der Waals surface area contributed by atoms with Crippen molar-refractivity contribution >= 4 is 0 Å². The minimum Gasteiger partial charge on any atom is -0.494 e. The van der Waals surface area contributed by atoms with Crippen LogP contribution in [0.4, 0.5) is 0 Å². The van der Waals surface area contributed by atoms with Gasteiger partial charge >= 0.3 is 0 Å². The highest BCUT2D eigenvalue weighted by molar-refractivity contribution is 5.65. The second-order valence-corrected chi connectivity index (χ2v) is 9.13. The number of hydrogen-bond acceptors (Lipinski definition) is 1. The summed E-state index contributed by atoms with van der Waals surface area (Å²) in [6.45, 7) is 5.34. The number of ether oxygens (including phenoxy) is 1. The Morgan fingerprint density at radius 3 is 1.81 bits per heavy atom. The Labute approximate surface area is 193 Å². The van der Waals surface area contributed by atoms with E-state index in [1.54, 1.807) is 0 Å². The fourth-order valence-electron chi connectivity index (χ4n) is 4.40. The summed E-state index contributed by atoms with van der Waals surface area (Å²) in [4.78, 5) is 0. The lowest BCUT2D eigenvalue weighted by Gasteiger charge is -2.26. The van der Waals surface area contributed by atoms with Gasteiger partial charge in [0.25, 0.3) is 0 Å². The van der Waals surface area contributed by atoms with Crippen LogP contribution in [0, 0.1) is 17.8 Å². The van der Waals surface area contributed by atoms with Crippen LogP contribution in [0.3, 0.4) is 0 Å². The quantitative estimate of drug-likeness (QED) is 0.287. The van der Waals surface area contributed by atoms with Crippen molar-refractivity contribution in [3.05, 3.63) is 89.5 Å². The molecule has 1 aliphatic carbocycles. The van der Waals surface area contributed by atoms with Crippen molar-refractivity contribution in [1.82, 2.24) is 0 Å². The van der Waals surface area contributed by atoms with Gasteiger partial charge in [0, 0.05) is 11.1 Å². The van der Waals surface area contributed by atoms with Crippen molar-refractivity contribution in [3.63, 3.8) is 0 Å². The molecular formula is C31H34O. The van der Waals surface area contributed by atoms with Gasteiger partial charge in [0.1, 0.15) is 5.75 Å². The molecule has 0 saturated heterocycles. The van der Waals surface area contributed by atoms with E-state index in [2.05, 4.69) is 98.5 Å². The normalized spacial score (nSPS) is 17.9. The molecule has 0 bridgehead atoms. The van der Waals surface area contributed by atoms with Gasteiger partial charge in [-0.05, 0) is 84.2 Å². The maximum absolute atomic E-state index is 5.76. The van der Waals surface area contributed by atoms with Crippen LogP contribution in [0.1, 0.15) is 75.0 Å². The lowest BCUT2D eigenvalue weighted by atomic mass is 9.79. The van der Waals surface area contributed by atoms with Crippen molar-refractivity contribution in [3.8, 4) is 28.7 Å². The summed E-state index contributed by atoms with van der Waals surface area (Å²) >= 11 is 0. The van der Waals surface area contributed by atoms with Crippen LogP contribution in [0.25, 0.3) is 11.1 Å². The zero-order valence-electron chi connectivity index (χ0n) is 19.4. The highest BCUT2D eigenvalue weighted by Crippen LogP contribution is 2.35. The molecule has 164 valence electrons. The van der Waals surface area contributed by atoms with E-state index in [0.717, 1.165) is 48.2 Å². The zero-order chi connectivity index (χ0) is 22.2. The fraction of sp³-hybridized carbons (Fsp3) is 0.355. The molecule has 0 heterocycles. The Hall–Kier alpha value is -2.98. The molecule has 0 atom stereocenters. The lowest BCUT2D eigenvalue weighted by molar-refractivity contribution is 0.309. The minimum atomic E-state index is 0.734. The SMILES string of the molecule is CCCCOc1ccc(-c2ccc(C#Cc3ccc([C@H]4CC[C@H](C)CC4)cc3)cc2)cc1. The van der Waals surface area contributed by atoms with Gasteiger partial charge in [-0.25, -0.2) is 0 Å². The minimum absolute atomic E-state index is 0.734. The number of hydrogen-bond donors (Lipinski definition) is 0. The molecule has 1 aliphatic rings. The maximum Gasteiger partial charge on any atom is 0.119 e. The first-order valence-corrected chi connectivity index (χ1v) is 12.2. The van der Waals surface area contributed by atoms with Crippen molar-refractivity contribution in [2.24, 2.45) is 5.92 Å². The van der Waals surface area contributed by atoms with E-state index in [4.69, 9.17) is 4.74 Å². The topological polar surface area (TPSA) is 9.23 Å². The second-order valence-electron chi connectivity index (χ2n) is 9.13. The fourth-order valence-corrected chi connectivity index (χ4v) is 4.40. The Bertz CT molecular complexity index is 1020. The van der Waals surface area contributed by atoms with Gasteiger partial charge in [0.2, 0.25) is 0 Å². The zero-order valence-corrected chi connectivity index (χ0v) is 19.4. The van der Waals surface area contributed by atoms with Crippen LogP contribution in [-0.4, -0.2) is 6.61 Å². The van der Waals surface area contributed by atoms with Crippen LogP contribution in [-0.2, 0) is 0 Å². The molecule has 1 heteroatoms. The first kappa shape index (κ1) is 22.2. The Morgan fingerprint density at radius 1 is 0.719 bits per heavy atom. The molecule has 4 rings (SSSR count). The molecule has 0 amide bonds. The van der Waals surface area contributed by atoms with Gasteiger partial charge < -0.3 is 4.74 Å². The predicted octanol–water partition coefficient (Wildman–Crippen LogP) is 8.23. The molecule has 3 aromatic carbocycles. The molecule has 0 spiro atoms. The van der Waals surface area contributed by atoms with E-state index >= 15 is 0 Å². The van der Waals surface area contributed by atoms with E-state index in [-0.39, 0.29) is 0 Å². The molecule has 3 aromatic rings. The van der Waals surface area contributed by atoms with Gasteiger partial charge in [-0.15, -0.1) is 0 Å². The summed E-state index contributed by atoms with van der Waals surface area (Å²) in [5, 5.41) is 0. The standard InChI is InChI=1S/C31H34O/c1-3-4-23-32-31-21-19-30(20-22-31)29-17-11-26(12-18-29)8-7-25-9-15-28(16-10-25)27-13-5-24(2)6-14-27/h9-12,15-22,24,27H,3-6,13-14,23H2,1-2H3/t24-,27-. The summed E-state index contributed by atoms with van der Waals surface area (Å²) in [5.41, 5.74) is 6.00. The van der Waals surface area contributed by atoms with Gasteiger partial charge in [-0.3, -0.25) is 0 Å². The van der Waals surface area contributed by atoms with Crippen molar-refractivity contribution < 1.29 is 4.74 Å². The maximum atomic E-state index is 5.76. The molecule has 0 N–H and O–H groups in total. The summed E-state index contributed by atoms with van der Waals surface area (Å²) in [6, 6.07) is 25.8. The molecule has 1 saturated carbocycles. The molecule has 1 nitrogen and oxygen atoms in total. The van der Waals surface area contributed by atoms with Crippen molar-refractivity contribution in [2.45, 2.75) is 58.3 Å². The molecule has 0 aromatic heterocycles. The van der Waals surface area contributed by atoms with Gasteiger partial charge in [-0.1, -0.05) is 81.3 Å². The monoisotopic (exact) mass is 422 g/mol. The largest absolute Gasteiger partial charge is 0.494 e. The van der Waals surface area contributed by atoms with Crippen LogP contribution in [0.15, 0.2) is 72.8 Å². The predicted molar refractivity (Wildman–Crippen MR) is 135 cm³/mol. The smallest absolute Gasteiger partial charge is 0.119 e. The third kappa shape index (κ3) is 6.04. The van der Waals surface area contributed by atoms with Gasteiger partial charge in [0.05, 0.1) is 6.61 Å². The van der Waals surface area contributed by atoms with Crippen molar-refractivity contribution in [1.29, 1.82) is 0 Å². The number of rotatable bonds is 6. The van der Waals surface area contributed by atoms with Crippen molar-refractivity contribution in [2.75, 3.05) is 6.61 Å². The highest BCUT2D eigenvalue weighted by atomic mass is 16.5. The molecule has 32 heavy (non-hydrogen) atoms. The molecule has 0 radical (unpaired) electrons. The lowest BCUT2D eigenvalue weighted by Crippen LogP contribution is -2.10. The summed E-state index contributed by atoms with van der Waals surface area (Å²) in [7, 11) is 0. The summed E-state index contributed by atoms with van der Waals surface area (Å²) in [6.07, 6.45) is 7.62. The summed E-state index contributed by atoms with van der Waals surface area (Å²) < 4.78 is 5.76. The first-order valence-electron chi connectivity index (χ1n) is 12.2. The van der Waals surface area contributed by atoms with Crippen LogP contribution >= 0.6 is 0 Å². The van der Waals surface area contributed by atoms with E-state index in [1.165, 1.54) is 42.4 Å². The van der Waals surface area contributed by atoms with E-state index in [9.17, 15) is 0 Å². The van der Waals surface area contributed by atoms with E-state index in [0.29, 0.717) is 0 Å². The molecule has 0 unspecified atom stereocenters. The highest BCUT2D eigenvalue weighted by Gasteiger charge is 2.19. The van der Waals surface area contributed by atoms with Crippen LogP contribution in [0.5, 0.6) is 5.75 Å². The average molecular weight is 423 g/mol. The molecular weight excluding hydrogens is 388 g/mol. The van der Waals surface area contributed by atoms with Crippen LogP contribution < -0.4 is 4.74 Å². The third-order valence-corrected chi connectivity index (χ3v) is 6.59.